The van der Waals surface area contributed by atoms with Crippen molar-refractivity contribution in [1.29, 1.82) is 0 Å². The minimum absolute atomic E-state index is 0.263. The summed E-state index contributed by atoms with van der Waals surface area (Å²) in [5, 5.41) is 3.37. The fraction of sp³-hybridized carbons (Fsp3) is 0.368. The second-order valence-corrected chi connectivity index (χ2v) is 9.21. The molecule has 0 amide bonds. The van der Waals surface area contributed by atoms with Crippen molar-refractivity contribution in [3.63, 3.8) is 0 Å². The fourth-order valence-corrected chi connectivity index (χ4v) is 4.74. The molecule has 0 bridgehead atoms. The van der Waals surface area contributed by atoms with Gasteiger partial charge in [-0.15, -0.1) is 0 Å². The van der Waals surface area contributed by atoms with Gasteiger partial charge in [-0.05, 0) is 79.1 Å². The van der Waals surface area contributed by atoms with Crippen LogP contribution in [0.2, 0.25) is 0 Å². The number of nitrogens with one attached hydrogen (secondary N) is 2. The maximum atomic E-state index is 12.6. The van der Waals surface area contributed by atoms with E-state index in [-0.39, 0.29) is 4.90 Å². The number of hydrogen-bond acceptors (Lipinski definition) is 4. The zero-order valence-electron chi connectivity index (χ0n) is 15.0. The molecule has 1 aliphatic heterocycles. The van der Waals surface area contributed by atoms with E-state index in [4.69, 9.17) is 0 Å². The monoisotopic (exact) mass is 437 g/mol. The van der Waals surface area contributed by atoms with E-state index < -0.39 is 10.0 Å². The largest absolute Gasteiger partial charge is 0.371 e. The number of halogens is 1. The summed E-state index contributed by atoms with van der Waals surface area (Å²) in [7, 11) is -1.54. The first kappa shape index (κ1) is 19.2. The van der Waals surface area contributed by atoms with Crippen LogP contribution in [0.1, 0.15) is 18.4 Å². The summed E-state index contributed by atoms with van der Waals surface area (Å²) in [4.78, 5) is 2.49. The second kappa shape index (κ2) is 7.98. The van der Waals surface area contributed by atoms with E-state index in [1.807, 2.05) is 19.1 Å². The molecule has 5 nitrogen and oxygen atoms in total. The van der Waals surface area contributed by atoms with Crippen LogP contribution in [0.5, 0.6) is 0 Å². The summed E-state index contributed by atoms with van der Waals surface area (Å²) in [6.07, 6.45) is 2.14. The van der Waals surface area contributed by atoms with Gasteiger partial charge in [-0.25, -0.2) is 8.42 Å². The van der Waals surface area contributed by atoms with Gasteiger partial charge in [0.15, 0.2) is 0 Å². The molecule has 26 heavy (non-hydrogen) atoms. The van der Waals surface area contributed by atoms with Gasteiger partial charge in [-0.1, -0.05) is 17.7 Å². The van der Waals surface area contributed by atoms with Gasteiger partial charge in [0.05, 0.1) is 16.3 Å². The van der Waals surface area contributed by atoms with Crippen molar-refractivity contribution in [2.45, 2.75) is 30.7 Å². The summed E-state index contributed by atoms with van der Waals surface area (Å²) >= 11 is 3.60. The van der Waals surface area contributed by atoms with Crippen molar-refractivity contribution in [3.05, 3.63) is 52.5 Å². The lowest BCUT2D eigenvalue weighted by Crippen LogP contribution is -2.41. The molecule has 3 rings (SSSR count). The molecule has 0 spiro atoms. The molecule has 0 aromatic heterocycles. The minimum Gasteiger partial charge on any atom is -0.371 e. The lowest BCUT2D eigenvalue weighted by molar-refractivity contribution is 0.443. The van der Waals surface area contributed by atoms with E-state index >= 15 is 0 Å². The summed E-state index contributed by atoms with van der Waals surface area (Å²) in [6, 6.07) is 12.8. The highest BCUT2D eigenvalue weighted by Crippen LogP contribution is 2.32. The molecule has 1 aliphatic rings. The van der Waals surface area contributed by atoms with Crippen LogP contribution in [-0.4, -0.2) is 34.6 Å². The molecule has 0 aliphatic carbocycles. The molecule has 2 aromatic rings. The zero-order valence-corrected chi connectivity index (χ0v) is 17.4. The molecular formula is C19H24BrN3O2S. The van der Waals surface area contributed by atoms with Crippen LogP contribution in [0.4, 0.5) is 11.4 Å². The smallest absolute Gasteiger partial charge is 0.261 e. The van der Waals surface area contributed by atoms with Gasteiger partial charge in [-0.2, -0.15) is 0 Å². The van der Waals surface area contributed by atoms with Crippen LogP contribution in [0, 0.1) is 6.92 Å². The quantitative estimate of drug-likeness (QED) is 0.747. The Balaban J connectivity index is 1.83. The van der Waals surface area contributed by atoms with E-state index in [9.17, 15) is 8.42 Å². The Morgan fingerprint density at radius 3 is 2.42 bits per heavy atom. The van der Waals surface area contributed by atoms with Gasteiger partial charge >= 0.3 is 0 Å². The summed E-state index contributed by atoms with van der Waals surface area (Å²) in [5.41, 5.74) is 2.57. The normalized spacial score (nSPS) is 15.7. The molecule has 7 heteroatoms. The Kier molecular flexibility index (Phi) is 5.89. The highest BCUT2D eigenvalue weighted by Gasteiger charge is 2.21. The van der Waals surface area contributed by atoms with Crippen molar-refractivity contribution < 1.29 is 8.42 Å². The summed E-state index contributed by atoms with van der Waals surface area (Å²) in [6.45, 7) is 3.94. The van der Waals surface area contributed by atoms with Gasteiger partial charge < -0.3 is 10.2 Å². The maximum Gasteiger partial charge on any atom is 0.261 e. The number of sulfonamides is 1. The van der Waals surface area contributed by atoms with Crippen molar-refractivity contribution >= 4 is 37.3 Å². The third kappa shape index (κ3) is 4.39. The van der Waals surface area contributed by atoms with Crippen LogP contribution < -0.4 is 14.9 Å². The van der Waals surface area contributed by atoms with E-state index in [2.05, 4.69) is 37.9 Å². The molecule has 0 radical (unpaired) electrons. The van der Waals surface area contributed by atoms with Crippen LogP contribution in [0.25, 0.3) is 0 Å². The Labute approximate surface area is 164 Å². The number of piperidine rings is 1. The highest BCUT2D eigenvalue weighted by molar-refractivity contribution is 9.10. The molecule has 1 heterocycles. The molecule has 0 saturated carbocycles. The lowest BCUT2D eigenvalue weighted by atomic mass is 10.0. The first-order chi connectivity index (χ1) is 12.4. The fourth-order valence-electron chi connectivity index (χ4n) is 3.17. The molecule has 2 aromatic carbocycles. The van der Waals surface area contributed by atoms with E-state index in [0.717, 1.165) is 41.7 Å². The average molecular weight is 438 g/mol. The summed E-state index contributed by atoms with van der Waals surface area (Å²) < 4.78 is 28.9. The second-order valence-electron chi connectivity index (χ2n) is 6.68. The Hall–Kier alpha value is -1.57. The molecule has 1 saturated heterocycles. The van der Waals surface area contributed by atoms with Crippen LogP contribution in [0.15, 0.2) is 51.8 Å². The predicted octanol–water partition coefficient (Wildman–Crippen LogP) is 3.75. The SMILES string of the molecule is Cc1ccc(S(=O)(=O)Nc2ccc(Br)c(N(C)C3CCNCC3)c2)cc1. The van der Waals surface area contributed by atoms with Crippen LogP contribution >= 0.6 is 15.9 Å². The first-order valence-corrected chi connectivity index (χ1v) is 11.0. The van der Waals surface area contributed by atoms with Crippen molar-refractivity contribution in [2.75, 3.05) is 29.8 Å². The van der Waals surface area contributed by atoms with E-state index in [1.54, 1.807) is 30.3 Å². The highest BCUT2D eigenvalue weighted by atomic mass is 79.9. The van der Waals surface area contributed by atoms with Crippen molar-refractivity contribution in [3.8, 4) is 0 Å². The number of aryl methyl sites for hydroxylation is 1. The molecular weight excluding hydrogens is 414 g/mol. The third-order valence-electron chi connectivity index (χ3n) is 4.77. The van der Waals surface area contributed by atoms with Gasteiger partial charge in [0, 0.05) is 17.6 Å². The number of rotatable bonds is 5. The van der Waals surface area contributed by atoms with E-state index in [1.165, 1.54) is 0 Å². The Bertz CT molecular complexity index is 863. The van der Waals surface area contributed by atoms with E-state index in [0.29, 0.717) is 11.7 Å². The van der Waals surface area contributed by atoms with Crippen molar-refractivity contribution in [2.24, 2.45) is 0 Å². The third-order valence-corrected chi connectivity index (χ3v) is 6.83. The molecule has 140 valence electrons. The maximum absolute atomic E-state index is 12.6. The summed E-state index contributed by atoms with van der Waals surface area (Å²) in [5.74, 6) is 0. The molecule has 1 fully saturated rings. The predicted molar refractivity (Wildman–Crippen MR) is 110 cm³/mol. The van der Waals surface area contributed by atoms with Crippen LogP contribution in [0.3, 0.4) is 0 Å². The Morgan fingerprint density at radius 1 is 1.12 bits per heavy atom. The zero-order chi connectivity index (χ0) is 18.7. The van der Waals surface area contributed by atoms with Gasteiger partial charge in [-0.3, -0.25) is 4.72 Å². The number of benzene rings is 2. The Morgan fingerprint density at radius 2 is 1.77 bits per heavy atom. The van der Waals surface area contributed by atoms with Gasteiger partial charge in [0.2, 0.25) is 0 Å². The number of nitrogens with zero attached hydrogens (tertiary/aromatic N) is 1. The lowest BCUT2D eigenvalue weighted by Gasteiger charge is -2.34. The van der Waals surface area contributed by atoms with Gasteiger partial charge in [0.1, 0.15) is 0 Å². The topological polar surface area (TPSA) is 61.4 Å². The number of anilines is 2. The molecule has 2 N–H and O–H groups in total. The van der Waals surface area contributed by atoms with Crippen molar-refractivity contribution in [1.82, 2.24) is 5.32 Å². The molecule has 0 unspecified atom stereocenters. The van der Waals surface area contributed by atoms with Crippen LogP contribution in [-0.2, 0) is 10.0 Å². The average Bonchev–Trinajstić information content (AvgIpc) is 2.63. The standard InChI is InChI=1S/C19H24BrN3O2S/c1-14-3-6-17(7-4-14)26(24,25)22-15-5-8-18(20)19(13-15)23(2)16-9-11-21-12-10-16/h3-8,13,16,21-22H,9-12H2,1-2H3. The minimum atomic E-state index is -3.60. The van der Waals surface area contributed by atoms with Gasteiger partial charge in [0.25, 0.3) is 10.0 Å². The first-order valence-electron chi connectivity index (χ1n) is 8.69. The molecule has 0 atom stereocenters. The number of hydrogen-bond donors (Lipinski definition) is 2.